The molecule has 0 bridgehead atoms. The SMILES string of the molecule is CN=C(NCCNS(=O)(=O)c1cccs1)NCC(OC)C(C)(C)C. The first-order valence-electron chi connectivity index (χ1n) is 7.71. The Kier molecular flexibility index (Phi) is 8.14. The summed E-state index contributed by atoms with van der Waals surface area (Å²) in [7, 11) is -0.0641. The van der Waals surface area contributed by atoms with Gasteiger partial charge in [0.25, 0.3) is 0 Å². The monoisotopic (exact) mass is 376 g/mol. The van der Waals surface area contributed by atoms with E-state index in [2.05, 4.69) is 41.1 Å². The summed E-state index contributed by atoms with van der Waals surface area (Å²) in [6.45, 7) is 7.64. The molecule has 0 aliphatic carbocycles. The van der Waals surface area contributed by atoms with Gasteiger partial charge in [0.15, 0.2) is 5.96 Å². The molecule has 1 aromatic heterocycles. The topological polar surface area (TPSA) is 91.8 Å². The van der Waals surface area contributed by atoms with Gasteiger partial charge >= 0.3 is 0 Å². The molecule has 1 atom stereocenters. The predicted molar refractivity (Wildman–Crippen MR) is 99.1 cm³/mol. The molecule has 24 heavy (non-hydrogen) atoms. The van der Waals surface area contributed by atoms with Crippen LogP contribution in [0.2, 0.25) is 0 Å². The van der Waals surface area contributed by atoms with Gasteiger partial charge in [0.2, 0.25) is 10.0 Å². The second-order valence-corrected chi connectivity index (χ2v) is 9.24. The molecule has 0 radical (unpaired) electrons. The van der Waals surface area contributed by atoms with Crippen LogP contribution in [0.5, 0.6) is 0 Å². The van der Waals surface area contributed by atoms with Crippen LogP contribution in [0.4, 0.5) is 0 Å². The summed E-state index contributed by atoms with van der Waals surface area (Å²) in [6.07, 6.45) is 0.0355. The van der Waals surface area contributed by atoms with Crippen molar-refractivity contribution < 1.29 is 13.2 Å². The molecule has 0 fully saturated rings. The zero-order chi connectivity index (χ0) is 18.2. The van der Waals surface area contributed by atoms with Gasteiger partial charge in [0.1, 0.15) is 4.21 Å². The molecule has 1 aromatic rings. The van der Waals surface area contributed by atoms with Crippen molar-refractivity contribution in [1.29, 1.82) is 0 Å². The maximum absolute atomic E-state index is 12.0. The van der Waals surface area contributed by atoms with E-state index in [-0.39, 0.29) is 18.1 Å². The molecule has 0 aliphatic heterocycles. The van der Waals surface area contributed by atoms with Crippen molar-refractivity contribution in [1.82, 2.24) is 15.4 Å². The molecule has 0 amide bonds. The van der Waals surface area contributed by atoms with Gasteiger partial charge in [-0.05, 0) is 16.9 Å². The number of nitrogens with zero attached hydrogens (tertiary/aromatic N) is 1. The number of sulfonamides is 1. The Labute approximate surface area is 149 Å². The lowest BCUT2D eigenvalue weighted by molar-refractivity contribution is 0.0205. The van der Waals surface area contributed by atoms with Gasteiger partial charge in [0.05, 0.1) is 6.10 Å². The fourth-order valence-corrected chi connectivity index (χ4v) is 4.08. The summed E-state index contributed by atoms with van der Waals surface area (Å²) in [4.78, 5) is 4.12. The Bertz CT molecular complexity index is 607. The smallest absolute Gasteiger partial charge is 0.250 e. The number of ether oxygens (including phenoxy) is 1. The van der Waals surface area contributed by atoms with E-state index in [9.17, 15) is 8.42 Å². The third kappa shape index (κ3) is 6.76. The van der Waals surface area contributed by atoms with Crippen molar-refractivity contribution in [2.75, 3.05) is 33.8 Å². The van der Waals surface area contributed by atoms with Crippen LogP contribution >= 0.6 is 11.3 Å². The van der Waals surface area contributed by atoms with Crippen molar-refractivity contribution in [3.8, 4) is 0 Å². The summed E-state index contributed by atoms with van der Waals surface area (Å²) < 4.78 is 32.3. The lowest BCUT2D eigenvalue weighted by atomic mass is 9.89. The van der Waals surface area contributed by atoms with Gasteiger partial charge in [-0.25, -0.2) is 13.1 Å². The maximum atomic E-state index is 12.0. The second-order valence-electron chi connectivity index (χ2n) is 6.30. The minimum absolute atomic E-state index is 0.0109. The Morgan fingerprint density at radius 1 is 1.33 bits per heavy atom. The number of thiophene rings is 1. The van der Waals surface area contributed by atoms with Crippen LogP contribution in [0.1, 0.15) is 20.8 Å². The van der Waals surface area contributed by atoms with Crippen LogP contribution in [0.25, 0.3) is 0 Å². The molecule has 0 saturated carbocycles. The Balaban J connectivity index is 2.37. The van der Waals surface area contributed by atoms with Crippen LogP contribution in [0.15, 0.2) is 26.7 Å². The molecule has 1 unspecified atom stereocenters. The van der Waals surface area contributed by atoms with E-state index in [0.717, 1.165) is 0 Å². The highest BCUT2D eigenvalue weighted by Gasteiger charge is 2.24. The lowest BCUT2D eigenvalue weighted by Crippen LogP contribution is -2.46. The number of nitrogens with one attached hydrogen (secondary N) is 3. The molecule has 7 nitrogen and oxygen atoms in total. The van der Waals surface area contributed by atoms with Crippen molar-refractivity contribution >= 4 is 27.3 Å². The standard InChI is InChI=1S/C15H28N4O3S2/c1-15(2,3)12(22-5)11-18-14(16-4)17-8-9-19-24(20,21)13-7-6-10-23-13/h6-7,10,12,19H,8-9,11H2,1-5H3,(H2,16,17,18). The molecule has 9 heteroatoms. The van der Waals surface area contributed by atoms with E-state index < -0.39 is 10.0 Å². The lowest BCUT2D eigenvalue weighted by Gasteiger charge is -2.30. The second kappa shape index (κ2) is 9.36. The fraction of sp³-hybridized carbons (Fsp3) is 0.667. The van der Waals surface area contributed by atoms with Crippen LogP contribution in [-0.2, 0) is 14.8 Å². The summed E-state index contributed by atoms with van der Waals surface area (Å²) in [5.74, 6) is 0.608. The van der Waals surface area contributed by atoms with Crippen LogP contribution in [0, 0.1) is 5.41 Å². The van der Waals surface area contributed by atoms with Gasteiger partial charge in [-0.2, -0.15) is 0 Å². The largest absolute Gasteiger partial charge is 0.379 e. The summed E-state index contributed by atoms with van der Waals surface area (Å²) >= 11 is 1.19. The number of hydrogen-bond donors (Lipinski definition) is 3. The van der Waals surface area contributed by atoms with Gasteiger partial charge in [-0.15, -0.1) is 11.3 Å². The first-order chi connectivity index (χ1) is 11.2. The summed E-state index contributed by atoms with van der Waals surface area (Å²) in [6, 6.07) is 3.29. The minimum atomic E-state index is -3.42. The molecule has 1 rings (SSSR count). The third-order valence-electron chi connectivity index (χ3n) is 3.40. The molecule has 0 aliphatic rings. The number of hydrogen-bond acceptors (Lipinski definition) is 5. The molecule has 138 valence electrons. The normalized spacial score (nSPS) is 14.5. The van der Waals surface area contributed by atoms with E-state index in [1.807, 2.05) is 0 Å². The molecule has 0 aromatic carbocycles. The first kappa shape index (κ1) is 20.9. The zero-order valence-corrected chi connectivity index (χ0v) is 16.6. The van der Waals surface area contributed by atoms with Crippen molar-refractivity contribution in [2.45, 2.75) is 31.1 Å². The van der Waals surface area contributed by atoms with Gasteiger partial charge < -0.3 is 15.4 Å². The predicted octanol–water partition coefficient (Wildman–Crippen LogP) is 1.25. The molecular weight excluding hydrogens is 348 g/mol. The minimum Gasteiger partial charge on any atom is -0.379 e. The number of aliphatic imine (C=N–C) groups is 1. The molecule has 0 spiro atoms. The molecule has 1 heterocycles. The van der Waals surface area contributed by atoms with Crippen molar-refractivity contribution in [2.24, 2.45) is 10.4 Å². The highest BCUT2D eigenvalue weighted by Crippen LogP contribution is 2.20. The maximum Gasteiger partial charge on any atom is 0.250 e. The number of guanidine groups is 1. The summed E-state index contributed by atoms with van der Waals surface area (Å²) in [5.41, 5.74) is 0.0109. The number of rotatable bonds is 8. The molecular formula is C15H28N4O3S2. The summed E-state index contributed by atoms with van der Waals surface area (Å²) in [5, 5.41) is 8.01. The third-order valence-corrected chi connectivity index (χ3v) is 6.26. The average Bonchev–Trinajstić information content (AvgIpc) is 3.03. The van der Waals surface area contributed by atoms with Crippen molar-refractivity contribution in [3.63, 3.8) is 0 Å². The van der Waals surface area contributed by atoms with E-state index in [1.165, 1.54) is 11.3 Å². The van der Waals surface area contributed by atoms with Gasteiger partial charge in [-0.1, -0.05) is 26.8 Å². The van der Waals surface area contributed by atoms with Crippen LogP contribution < -0.4 is 15.4 Å². The van der Waals surface area contributed by atoms with Crippen molar-refractivity contribution in [3.05, 3.63) is 17.5 Å². The van der Waals surface area contributed by atoms with E-state index >= 15 is 0 Å². The van der Waals surface area contributed by atoms with E-state index in [1.54, 1.807) is 31.7 Å². The van der Waals surface area contributed by atoms with Gasteiger partial charge in [0, 0.05) is 33.8 Å². The average molecular weight is 377 g/mol. The molecule has 3 N–H and O–H groups in total. The highest BCUT2D eigenvalue weighted by atomic mass is 32.2. The van der Waals surface area contributed by atoms with Crippen LogP contribution in [0.3, 0.4) is 0 Å². The fourth-order valence-electron chi connectivity index (χ4n) is 2.01. The molecule has 0 saturated heterocycles. The zero-order valence-electron chi connectivity index (χ0n) is 14.9. The van der Waals surface area contributed by atoms with E-state index in [0.29, 0.717) is 23.3 Å². The van der Waals surface area contributed by atoms with E-state index in [4.69, 9.17) is 4.74 Å². The first-order valence-corrected chi connectivity index (χ1v) is 10.1. The quantitative estimate of drug-likeness (QED) is 0.361. The Morgan fingerprint density at radius 3 is 2.54 bits per heavy atom. The Morgan fingerprint density at radius 2 is 2.04 bits per heavy atom. The number of methoxy groups -OCH3 is 1. The van der Waals surface area contributed by atoms with Gasteiger partial charge in [-0.3, -0.25) is 4.99 Å². The highest BCUT2D eigenvalue weighted by molar-refractivity contribution is 7.91. The Hall–Kier alpha value is -1.16. The van der Waals surface area contributed by atoms with Crippen LogP contribution in [-0.4, -0.2) is 54.3 Å².